The van der Waals surface area contributed by atoms with Gasteiger partial charge in [0.05, 0.1) is 40.5 Å². The number of imidazole rings is 1. The summed E-state index contributed by atoms with van der Waals surface area (Å²) in [6, 6.07) is 20.9. The van der Waals surface area contributed by atoms with Crippen molar-refractivity contribution in [2.24, 2.45) is 0 Å². The van der Waals surface area contributed by atoms with Crippen molar-refractivity contribution in [3.8, 4) is 5.75 Å². The third kappa shape index (κ3) is 5.44. The van der Waals surface area contributed by atoms with Crippen LogP contribution in [0.1, 0.15) is 15.9 Å². The summed E-state index contributed by atoms with van der Waals surface area (Å²) >= 11 is 13.4. The van der Waals surface area contributed by atoms with Crippen LogP contribution >= 0.6 is 51.9 Å². The van der Waals surface area contributed by atoms with E-state index in [-0.39, 0.29) is 28.5 Å². The van der Waals surface area contributed by atoms with Crippen LogP contribution in [-0.4, -0.2) is 28.2 Å². The Kier molecular flexibility index (Phi) is 8.06. The maximum atomic E-state index is 12.7. The van der Waals surface area contributed by atoms with Gasteiger partial charge >= 0.3 is 0 Å². The van der Waals surface area contributed by atoms with Crippen LogP contribution in [-0.2, 0) is 6.54 Å². The SMILES string of the molecule is Br.COc1ccc2c(c1)nc(SCC(=O)c1ccc(Cl)c(Cl)c1)n2Cc1ccccc1. The number of thioether (sulfide) groups is 1. The zero-order valence-electron chi connectivity index (χ0n) is 16.5. The average Bonchev–Trinajstić information content (AvgIpc) is 3.11. The van der Waals surface area contributed by atoms with Gasteiger partial charge in [0, 0.05) is 11.6 Å². The Morgan fingerprint density at radius 3 is 2.52 bits per heavy atom. The van der Waals surface area contributed by atoms with E-state index in [4.69, 9.17) is 32.9 Å². The van der Waals surface area contributed by atoms with Crippen molar-refractivity contribution in [3.05, 3.63) is 87.9 Å². The highest BCUT2D eigenvalue weighted by Gasteiger charge is 2.16. The van der Waals surface area contributed by atoms with Crippen LogP contribution in [0.25, 0.3) is 11.0 Å². The number of benzene rings is 3. The highest BCUT2D eigenvalue weighted by Crippen LogP contribution is 2.29. The van der Waals surface area contributed by atoms with Crippen molar-refractivity contribution in [2.75, 3.05) is 12.9 Å². The first-order valence-corrected chi connectivity index (χ1v) is 11.0. The Hall–Kier alpha value is -1.99. The number of rotatable bonds is 7. The van der Waals surface area contributed by atoms with Gasteiger partial charge in [-0.3, -0.25) is 4.79 Å². The molecule has 0 saturated carbocycles. The van der Waals surface area contributed by atoms with E-state index in [1.165, 1.54) is 11.8 Å². The highest BCUT2D eigenvalue weighted by molar-refractivity contribution is 8.93. The molecule has 0 spiro atoms. The third-order valence-electron chi connectivity index (χ3n) is 4.68. The highest BCUT2D eigenvalue weighted by atomic mass is 79.9. The molecule has 0 amide bonds. The first-order valence-electron chi connectivity index (χ1n) is 9.24. The van der Waals surface area contributed by atoms with Crippen LogP contribution in [0.15, 0.2) is 71.9 Å². The summed E-state index contributed by atoms with van der Waals surface area (Å²) in [5.74, 6) is 0.956. The van der Waals surface area contributed by atoms with Crippen LogP contribution in [0, 0.1) is 0 Å². The fraction of sp³-hybridized carbons (Fsp3) is 0.130. The van der Waals surface area contributed by atoms with E-state index < -0.39 is 0 Å². The van der Waals surface area contributed by atoms with Gasteiger partial charge in [0.1, 0.15) is 5.75 Å². The number of methoxy groups -OCH3 is 1. The van der Waals surface area contributed by atoms with E-state index in [1.54, 1.807) is 25.3 Å². The van der Waals surface area contributed by atoms with Gasteiger partial charge in [-0.1, -0.05) is 65.3 Å². The summed E-state index contributed by atoms with van der Waals surface area (Å²) in [7, 11) is 1.63. The number of ether oxygens (including phenoxy) is 1. The molecule has 1 aromatic heterocycles. The molecule has 0 N–H and O–H groups in total. The monoisotopic (exact) mass is 536 g/mol. The van der Waals surface area contributed by atoms with E-state index in [1.807, 2.05) is 36.4 Å². The second-order valence-corrected chi connectivity index (χ2v) is 8.42. The van der Waals surface area contributed by atoms with Crippen molar-refractivity contribution in [1.82, 2.24) is 9.55 Å². The molecule has 0 saturated heterocycles. The number of hydrogen-bond donors (Lipinski definition) is 0. The summed E-state index contributed by atoms with van der Waals surface area (Å²) in [5, 5.41) is 1.57. The normalized spacial score (nSPS) is 10.7. The molecule has 8 heteroatoms. The maximum Gasteiger partial charge on any atom is 0.173 e. The summed E-state index contributed by atoms with van der Waals surface area (Å²) in [4.78, 5) is 17.4. The zero-order valence-corrected chi connectivity index (χ0v) is 20.6. The van der Waals surface area contributed by atoms with Crippen molar-refractivity contribution in [1.29, 1.82) is 0 Å². The first-order chi connectivity index (χ1) is 14.5. The topological polar surface area (TPSA) is 44.1 Å². The van der Waals surface area contributed by atoms with Crippen molar-refractivity contribution < 1.29 is 9.53 Å². The van der Waals surface area contributed by atoms with Crippen LogP contribution in [0.3, 0.4) is 0 Å². The Bertz CT molecular complexity index is 1220. The molecule has 0 bridgehead atoms. The summed E-state index contributed by atoms with van der Waals surface area (Å²) < 4.78 is 7.46. The molecule has 4 aromatic rings. The Labute approximate surface area is 205 Å². The van der Waals surface area contributed by atoms with E-state index >= 15 is 0 Å². The standard InChI is InChI=1S/C23H18Cl2N2O2S.BrH/c1-29-17-8-10-21-20(12-17)26-23(27(21)13-15-5-3-2-4-6-15)30-14-22(28)16-7-9-18(24)19(25)11-16;/h2-12H,13-14H2,1H3;1H. The molecule has 0 aliphatic rings. The predicted molar refractivity (Wildman–Crippen MR) is 134 cm³/mol. The largest absolute Gasteiger partial charge is 0.497 e. The zero-order chi connectivity index (χ0) is 21.1. The minimum atomic E-state index is -0.0329. The van der Waals surface area contributed by atoms with Gasteiger partial charge in [0.25, 0.3) is 0 Å². The summed E-state index contributed by atoms with van der Waals surface area (Å²) in [5.41, 5.74) is 3.51. The molecular formula is C23H19BrCl2N2O2S. The summed E-state index contributed by atoms with van der Waals surface area (Å²) in [6.07, 6.45) is 0. The minimum absolute atomic E-state index is 0. The molecule has 3 aromatic carbocycles. The number of carbonyl (C=O) groups excluding carboxylic acids is 1. The molecule has 4 rings (SSSR count). The number of ketones is 1. The lowest BCUT2D eigenvalue weighted by atomic mass is 10.1. The minimum Gasteiger partial charge on any atom is -0.497 e. The van der Waals surface area contributed by atoms with Crippen LogP contribution in [0.4, 0.5) is 0 Å². The van der Waals surface area contributed by atoms with Gasteiger partial charge in [-0.15, -0.1) is 17.0 Å². The quantitative estimate of drug-likeness (QED) is 0.189. The van der Waals surface area contributed by atoms with Gasteiger partial charge in [0.15, 0.2) is 10.9 Å². The molecule has 0 unspecified atom stereocenters. The molecule has 160 valence electrons. The number of carbonyl (C=O) groups is 1. The third-order valence-corrected chi connectivity index (χ3v) is 6.39. The smallest absolute Gasteiger partial charge is 0.173 e. The number of aromatic nitrogens is 2. The maximum absolute atomic E-state index is 12.7. The molecule has 1 heterocycles. The lowest BCUT2D eigenvalue weighted by Gasteiger charge is -2.09. The van der Waals surface area contributed by atoms with Crippen LogP contribution < -0.4 is 4.74 Å². The van der Waals surface area contributed by atoms with Gasteiger partial charge < -0.3 is 9.30 Å². The second-order valence-electron chi connectivity index (χ2n) is 6.66. The first kappa shape index (κ1) is 23.7. The fourth-order valence-electron chi connectivity index (χ4n) is 3.13. The molecular weight excluding hydrogens is 519 g/mol. The van der Waals surface area contributed by atoms with E-state index in [2.05, 4.69) is 16.7 Å². The summed E-state index contributed by atoms with van der Waals surface area (Å²) in [6.45, 7) is 0.660. The Morgan fingerprint density at radius 2 is 1.81 bits per heavy atom. The van der Waals surface area contributed by atoms with E-state index in [0.717, 1.165) is 27.5 Å². The van der Waals surface area contributed by atoms with Gasteiger partial charge in [0.2, 0.25) is 0 Å². The molecule has 0 aliphatic carbocycles. The lowest BCUT2D eigenvalue weighted by molar-refractivity contribution is 0.102. The average molecular weight is 538 g/mol. The molecule has 0 atom stereocenters. The molecule has 0 radical (unpaired) electrons. The van der Waals surface area contributed by atoms with Gasteiger partial charge in [-0.25, -0.2) is 4.98 Å². The predicted octanol–water partition coefficient (Wildman–Crippen LogP) is 6.95. The van der Waals surface area contributed by atoms with Gasteiger partial charge in [-0.2, -0.15) is 0 Å². The Balaban J connectivity index is 0.00000272. The van der Waals surface area contributed by atoms with Crippen LogP contribution in [0.5, 0.6) is 5.75 Å². The molecule has 4 nitrogen and oxygen atoms in total. The number of hydrogen-bond acceptors (Lipinski definition) is 4. The molecule has 0 fully saturated rings. The molecule has 31 heavy (non-hydrogen) atoms. The number of fused-ring (bicyclic) bond motifs is 1. The van der Waals surface area contributed by atoms with Gasteiger partial charge in [-0.05, 0) is 35.9 Å². The Morgan fingerprint density at radius 1 is 1.03 bits per heavy atom. The van der Waals surface area contributed by atoms with E-state index in [9.17, 15) is 4.79 Å². The van der Waals surface area contributed by atoms with Crippen molar-refractivity contribution in [2.45, 2.75) is 11.7 Å². The second kappa shape index (κ2) is 10.6. The number of nitrogens with zero attached hydrogens (tertiary/aromatic N) is 2. The van der Waals surface area contributed by atoms with E-state index in [0.29, 0.717) is 22.2 Å². The van der Waals surface area contributed by atoms with Crippen molar-refractivity contribution in [3.63, 3.8) is 0 Å². The fourth-order valence-corrected chi connectivity index (χ4v) is 4.33. The molecule has 0 aliphatic heterocycles. The van der Waals surface area contributed by atoms with Crippen LogP contribution in [0.2, 0.25) is 10.0 Å². The number of halogens is 3. The number of Topliss-reactive ketones (excluding diaryl/α,β-unsaturated/α-hetero) is 1. The van der Waals surface area contributed by atoms with Crippen molar-refractivity contribution >= 4 is 68.8 Å². The lowest BCUT2D eigenvalue weighted by Crippen LogP contribution is -2.06.